The number of hydrogen-bond donors (Lipinski definition) is 0. The first kappa shape index (κ1) is 41.6. The summed E-state index contributed by atoms with van der Waals surface area (Å²) >= 11 is 0. The molecule has 0 fully saturated rings. The zero-order valence-corrected chi connectivity index (χ0v) is 40.0. The van der Waals surface area contributed by atoms with Gasteiger partial charge in [-0.15, -0.1) is 0 Å². The number of fused-ring (bicyclic) bond motifs is 6. The molecular formula is C68H49NSi. The first-order valence-corrected chi connectivity index (χ1v) is 26.4. The fourth-order valence-electron chi connectivity index (χ4n) is 12.0. The van der Waals surface area contributed by atoms with E-state index >= 15 is 0 Å². The molecule has 1 unspecified atom stereocenters. The monoisotopic (exact) mass is 907 g/mol. The number of hydrogen-bond acceptors (Lipinski definition) is 1. The predicted molar refractivity (Wildman–Crippen MR) is 297 cm³/mol. The van der Waals surface area contributed by atoms with Crippen LogP contribution in [0.25, 0.3) is 55.6 Å². The van der Waals surface area contributed by atoms with Crippen molar-refractivity contribution < 1.29 is 0 Å². The minimum Gasteiger partial charge on any atom is -0.310 e. The van der Waals surface area contributed by atoms with Crippen molar-refractivity contribution in [2.45, 2.75) is 12.3 Å². The molecule has 1 atom stereocenters. The van der Waals surface area contributed by atoms with Gasteiger partial charge in [-0.3, -0.25) is 0 Å². The van der Waals surface area contributed by atoms with Gasteiger partial charge >= 0.3 is 0 Å². The Kier molecular flexibility index (Phi) is 10.0. The lowest BCUT2D eigenvalue weighted by atomic mass is 9.74. The van der Waals surface area contributed by atoms with Crippen LogP contribution in [0.4, 0.5) is 17.1 Å². The van der Waals surface area contributed by atoms with E-state index in [2.05, 4.69) is 291 Å². The molecule has 1 aliphatic heterocycles. The molecular weight excluding hydrogens is 859 g/mol. The van der Waals surface area contributed by atoms with Crippen LogP contribution in [0.3, 0.4) is 0 Å². The third-order valence-corrected chi connectivity index (χ3v) is 20.1. The Morgan fingerprint density at radius 2 is 0.757 bits per heavy atom. The van der Waals surface area contributed by atoms with Crippen LogP contribution in [-0.4, -0.2) is 8.07 Å². The molecule has 0 spiro atoms. The van der Waals surface area contributed by atoms with E-state index in [4.69, 9.17) is 0 Å². The summed E-state index contributed by atoms with van der Waals surface area (Å²) in [5, 5.41) is 5.69. The van der Waals surface area contributed by atoms with E-state index < -0.39 is 8.07 Å². The number of rotatable bonds is 9. The van der Waals surface area contributed by atoms with Gasteiger partial charge in [0.1, 0.15) is 0 Å². The minimum atomic E-state index is -2.71. The van der Waals surface area contributed by atoms with Crippen molar-refractivity contribution in [1.82, 2.24) is 0 Å². The van der Waals surface area contributed by atoms with Gasteiger partial charge in [0.15, 0.2) is 8.07 Å². The molecule has 11 aromatic rings. The minimum absolute atomic E-state index is 0.336. The number of nitrogens with zero attached hydrogens (tertiary/aromatic N) is 1. The number of benzene rings is 11. The van der Waals surface area contributed by atoms with Crippen molar-refractivity contribution in [3.05, 3.63) is 296 Å². The van der Waals surface area contributed by atoms with E-state index in [-0.39, 0.29) is 5.41 Å². The van der Waals surface area contributed by atoms with Crippen molar-refractivity contribution in [1.29, 1.82) is 0 Å². The Hall–Kier alpha value is -8.56. The molecule has 0 radical (unpaired) electrons. The molecule has 0 bridgehead atoms. The van der Waals surface area contributed by atoms with E-state index in [0.717, 1.165) is 17.1 Å². The second kappa shape index (κ2) is 16.9. The molecule has 0 saturated heterocycles. The summed E-state index contributed by atoms with van der Waals surface area (Å²) in [6, 6.07) is 104. The maximum atomic E-state index is 2.52. The van der Waals surface area contributed by atoms with Crippen LogP contribution in [0.1, 0.15) is 23.6 Å². The summed E-state index contributed by atoms with van der Waals surface area (Å²) in [5.74, 6) is 0. The van der Waals surface area contributed by atoms with E-state index in [9.17, 15) is 0 Å². The molecule has 1 nitrogen and oxygen atoms in total. The fraction of sp³-hybridized carbons (Fsp3) is 0.0294. The summed E-state index contributed by atoms with van der Waals surface area (Å²) in [4.78, 5) is 2.46. The summed E-state index contributed by atoms with van der Waals surface area (Å²) in [7, 11) is -2.71. The van der Waals surface area contributed by atoms with Gasteiger partial charge in [0.25, 0.3) is 0 Å². The van der Waals surface area contributed by atoms with Gasteiger partial charge in [0.05, 0.1) is 0 Å². The zero-order chi connectivity index (χ0) is 46.7. The van der Waals surface area contributed by atoms with Gasteiger partial charge in [-0.05, 0) is 136 Å². The van der Waals surface area contributed by atoms with Crippen LogP contribution in [-0.2, 0) is 5.41 Å². The zero-order valence-electron chi connectivity index (χ0n) is 39.0. The summed E-state index contributed by atoms with van der Waals surface area (Å²) in [6.07, 6.45) is 0. The summed E-state index contributed by atoms with van der Waals surface area (Å²) in [6.45, 7) is 2.40. The van der Waals surface area contributed by atoms with Gasteiger partial charge in [-0.2, -0.15) is 0 Å². The summed E-state index contributed by atoms with van der Waals surface area (Å²) < 4.78 is 0. The largest absolute Gasteiger partial charge is 0.310 e. The Morgan fingerprint density at radius 1 is 0.286 bits per heavy atom. The van der Waals surface area contributed by atoms with Crippen molar-refractivity contribution in [2.75, 3.05) is 4.90 Å². The topological polar surface area (TPSA) is 3.24 Å². The molecule has 330 valence electrons. The molecule has 11 aromatic carbocycles. The van der Waals surface area contributed by atoms with Gasteiger partial charge in [0.2, 0.25) is 0 Å². The number of anilines is 3. The third-order valence-electron chi connectivity index (χ3n) is 15.3. The normalized spacial score (nSPS) is 14.8. The summed E-state index contributed by atoms with van der Waals surface area (Å²) in [5.41, 5.74) is 19.4. The molecule has 0 saturated carbocycles. The van der Waals surface area contributed by atoms with Crippen molar-refractivity contribution in [3.8, 4) is 55.6 Å². The molecule has 2 aliphatic rings. The van der Waals surface area contributed by atoms with E-state index in [1.165, 1.54) is 93.1 Å². The van der Waals surface area contributed by atoms with Crippen LogP contribution in [0, 0.1) is 0 Å². The maximum Gasteiger partial charge on any atom is 0.180 e. The highest BCUT2D eigenvalue weighted by Gasteiger charge is 2.48. The predicted octanol–water partition coefficient (Wildman–Crippen LogP) is 14.8. The molecule has 70 heavy (non-hydrogen) atoms. The van der Waals surface area contributed by atoms with E-state index in [1.807, 2.05) is 0 Å². The molecule has 13 rings (SSSR count). The van der Waals surface area contributed by atoms with Crippen molar-refractivity contribution in [3.63, 3.8) is 0 Å². The third kappa shape index (κ3) is 6.52. The molecule has 2 heteroatoms. The Labute approximate surface area is 412 Å². The van der Waals surface area contributed by atoms with Gasteiger partial charge < -0.3 is 4.90 Å². The average Bonchev–Trinajstić information content (AvgIpc) is 3.89. The van der Waals surface area contributed by atoms with Gasteiger partial charge in [-0.1, -0.05) is 243 Å². The average molecular weight is 908 g/mol. The highest BCUT2D eigenvalue weighted by Crippen LogP contribution is 2.54. The SMILES string of the molecule is CC1(c2ccccc2)c2ccccc2-c2ccc(N(c3ccc(-c4ccccc4)cc3)c3ccc(-c4cccc([Si]5(c6ccccc6)c6ccccc6-c6ccccc65)c4)c(-c4ccccc4)c3)cc21. The lowest BCUT2D eigenvalue weighted by Gasteiger charge is -2.32. The van der Waals surface area contributed by atoms with Crippen LogP contribution in [0.15, 0.2) is 279 Å². The van der Waals surface area contributed by atoms with Crippen LogP contribution < -0.4 is 25.6 Å². The second-order valence-electron chi connectivity index (χ2n) is 18.9. The maximum absolute atomic E-state index is 2.71. The first-order chi connectivity index (χ1) is 34.6. The smallest absolute Gasteiger partial charge is 0.180 e. The molecule has 1 heterocycles. The molecule has 1 aliphatic carbocycles. The Bertz CT molecular complexity index is 3670. The van der Waals surface area contributed by atoms with Crippen LogP contribution in [0.5, 0.6) is 0 Å². The standard InChI is InChI=1S/C68H49NSi/c1-68(52-26-10-4-11-27-52)64-34-17-14-31-59(64)60-44-42-55(47-65(60)68)69(53-39-37-49(38-40-53)48-21-6-2-7-22-48)54-41-43-58(63(46-54)50-23-8-3-9-24-50)51-25-20-30-57(45-51)70(56-28-12-5-13-29-56)66-35-18-15-32-61(66)62-33-16-19-36-67(62)70/h2-47H,1H3. The van der Waals surface area contributed by atoms with Crippen LogP contribution >= 0.6 is 0 Å². The van der Waals surface area contributed by atoms with Gasteiger partial charge in [0, 0.05) is 22.5 Å². The lowest BCUT2D eigenvalue weighted by molar-refractivity contribution is 0.714. The van der Waals surface area contributed by atoms with E-state index in [1.54, 1.807) is 0 Å². The second-order valence-corrected chi connectivity index (χ2v) is 22.6. The van der Waals surface area contributed by atoms with Crippen LogP contribution in [0.2, 0.25) is 0 Å². The van der Waals surface area contributed by atoms with E-state index in [0.29, 0.717) is 0 Å². The fourth-order valence-corrected chi connectivity index (χ4v) is 17.2. The quantitative estimate of drug-likeness (QED) is 0.130. The van der Waals surface area contributed by atoms with Crippen molar-refractivity contribution >= 4 is 45.9 Å². The first-order valence-electron chi connectivity index (χ1n) is 24.4. The highest BCUT2D eigenvalue weighted by molar-refractivity contribution is 7.22. The lowest BCUT2D eigenvalue weighted by Crippen LogP contribution is -2.72. The molecule has 0 N–H and O–H groups in total. The molecule has 0 aromatic heterocycles. The molecule has 0 amide bonds. The Balaban J connectivity index is 1.01. The van der Waals surface area contributed by atoms with Crippen molar-refractivity contribution in [2.24, 2.45) is 0 Å². The highest BCUT2D eigenvalue weighted by atomic mass is 28.3. The van der Waals surface area contributed by atoms with Gasteiger partial charge in [-0.25, -0.2) is 0 Å². The Morgan fingerprint density at radius 3 is 1.43 bits per heavy atom.